The molecule has 1 saturated heterocycles. The van der Waals surface area contributed by atoms with Crippen LogP contribution in [0, 0.1) is 21.8 Å². The van der Waals surface area contributed by atoms with E-state index in [1.54, 1.807) is 4.90 Å². The fourth-order valence-electron chi connectivity index (χ4n) is 2.64. The summed E-state index contributed by atoms with van der Waals surface area (Å²) >= 11 is 0. The number of nitro groups is 1. The monoisotopic (exact) mass is 331 g/mol. The summed E-state index contributed by atoms with van der Waals surface area (Å²) in [6, 6.07) is 3.09. The molecule has 0 aromatic heterocycles. The number of nitro benzene ring substituents is 1. The van der Waals surface area contributed by atoms with Gasteiger partial charge in [-0.1, -0.05) is 0 Å². The molecule has 1 aromatic carbocycles. The summed E-state index contributed by atoms with van der Waals surface area (Å²) in [6.07, 6.45) is 1.55. The number of halogens is 2. The van der Waals surface area contributed by atoms with Crippen LogP contribution in [0.25, 0.3) is 0 Å². The smallest absolute Gasteiger partial charge is 0.285 e. The molecule has 1 unspecified atom stereocenters. The maximum atomic E-state index is 13.1. The van der Waals surface area contributed by atoms with Gasteiger partial charge in [0.15, 0.2) is 0 Å². The number of rotatable bonds is 3. The van der Waals surface area contributed by atoms with E-state index in [1.165, 1.54) is 6.07 Å². The Balaban J connectivity index is 0.00000242. The maximum absolute atomic E-state index is 13.1. The molecule has 1 aliphatic heterocycles. The van der Waals surface area contributed by atoms with E-state index in [-0.39, 0.29) is 24.0 Å². The van der Waals surface area contributed by atoms with Crippen LogP contribution in [0.4, 0.5) is 10.1 Å². The molecular weight excluding hydrogens is 313 g/mol. The Bertz CT molecular complexity index is 560. The van der Waals surface area contributed by atoms with Crippen molar-refractivity contribution >= 4 is 24.0 Å². The first-order valence-corrected chi connectivity index (χ1v) is 6.89. The van der Waals surface area contributed by atoms with E-state index in [1.807, 2.05) is 6.92 Å². The van der Waals surface area contributed by atoms with Crippen LogP contribution in [-0.4, -0.2) is 34.9 Å². The van der Waals surface area contributed by atoms with Crippen molar-refractivity contribution in [2.45, 2.75) is 25.8 Å². The number of nitrogens with zero attached hydrogens (tertiary/aromatic N) is 2. The average Bonchev–Trinajstić information content (AvgIpc) is 2.46. The molecule has 0 aliphatic carbocycles. The largest absolute Gasteiger partial charge is 0.338 e. The Morgan fingerprint density at radius 3 is 2.55 bits per heavy atom. The highest BCUT2D eigenvalue weighted by Gasteiger charge is 2.29. The van der Waals surface area contributed by atoms with Gasteiger partial charge in [-0.25, -0.2) is 4.39 Å². The van der Waals surface area contributed by atoms with Gasteiger partial charge in [-0.15, -0.1) is 12.4 Å². The summed E-state index contributed by atoms with van der Waals surface area (Å²) in [4.78, 5) is 24.2. The van der Waals surface area contributed by atoms with Gasteiger partial charge >= 0.3 is 0 Å². The second-order valence-electron chi connectivity index (χ2n) is 5.41. The van der Waals surface area contributed by atoms with Gasteiger partial charge in [0.1, 0.15) is 11.4 Å². The predicted octanol–water partition coefficient (Wildman–Crippen LogP) is 2.36. The van der Waals surface area contributed by atoms with E-state index in [2.05, 4.69) is 0 Å². The molecule has 1 amide bonds. The lowest BCUT2D eigenvalue weighted by molar-refractivity contribution is -0.385. The van der Waals surface area contributed by atoms with Crippen LogP contribution in [0.1, 0.15) is 30.1 Å². The Labute approximate surface area is 134 Å². The van der Waals surface area contributed by atoms with Crippen molar-refractivity contribution in [3.63, 3.8) is 0 Å². The maximum Gasteiger partial charge on any atom is 0.285 e. The number of carbonyl (C=O) groups excluding carboxylic acids is 1. The van der Waals surface area contributed by atoms with E-state index in [4.69, 9.17) is 5.73 Å². The zero-order valence-corrected chi connectivity index (χ0v) is 13.0. The molecule has 2 N–H and O–H groups in total. The fraction of sp³-hybridized carbons (Fsp3) is 0.500. The summed E-state index contributed by atoms with van der Waals surface area (Å²) in [5.74, 6) is -0.795. The SMILES string of the molecule is CC(N)C1CCN(C(=O)c2ccc(F)cc2[N+](=O)[O-])CC1.Cl. The van der Waals surface area contributed by atoms with Crippen LogP contribution >= 0.6 is 12.4 Å². The molecule has 0 saturated carbocycles. The lowest BCUT2D eigenvalue weighted by Crippen LogP contribution is -2.42. The third-order valence-corrected chi connectivity index (χ3v) is 3.96. The Kier molecular flexibility index (Phi) is 6.25. The summed E-state index contributed by atoms with van der Waals surface area (Å²) in [7, 11) is 0. The van der Waals surface area contributed by atoms with Gasteiger partial charge in [0.05, 0.1) is 11.0 Å². The minimum absolute atomic E-state index is 0. The predicted molar refractivity (Wildman–Crippen MR) is 82.6 cm³/mol. The first-order valence-electron chi connectivity index (χ1n) is 6.89. The summed E-state index contributed by atoms with van der Waals surface area (Å²) in [6.45, 7) is 2.96. The molecule has 122 valence electrons. The molecule has 2 rings (SSSR count). The average molecular weight is 332 g/mol. The molecule has 22 heavy (non-hydrogen) atoms. The molecule has 8 heteroatoms. The van der Waals surface area contributed by atoms with Crippen LogP contribution in [0.5, 0.6) is 0 Å². The number of hydrogen-bond donors (Lipinski definition) is 1. The second-order valence-corrected chi connectivity index (χ2v) is 5.41. The molecule has 0 bridgehead atoms. The van der Waals surface area contributed by atoms with Crippen molar-refractivity contribution in [1.82, 2.24) is 4.90 Å². The van der Waals surface area contributed by atoms with E-state index in [0.717, 1.165) is 25.0 Å². The van der Waals surface area contributed by atoms with Crippen molar-refractivity contribution < 1.29 is 14.1 Å². The topological polar surface area (TPSA) is 89.5 Å². The van der Waals surface area contributed by atoms with Crippen LogP contribution in [0.3, 0.4) is 0 Å². The second kappa shape index (κ2) is 7.51. The lowest BCUT2D eigenvalue weighted by atomic mass is 9.90. The molecular formula is C14H19ClFN3O3. The van der Waals surface area contributed by atoms with Crippen LogP contribution in [-0.2, 0) is 0 Å². The number of amides is 1. The number of piperidine rings is 1. The van der Waals surface area contributed by atoms with Crippen molar-refractivity contribution in [3.05, 3.63) is 39.7 Å². The van der Waals surface area contributed by atoms with E-state index in [9.17, 15) is 19.3 Å². The van der Waals surface area contributed by atoms with Crippen molar-refractivity contribution in [3.8, 4) is 0 Å². The Morgan fingerprint density at radius 1 is 1.45 bits per heavy atom. The van der Waals surface area contributed by atoms with Gasteiger partial charge in [0.2, 0.25) is 0 Å². The normalized spacial score (nSPS) is 16.8. The van der Waals surface area contributed by atoms with E-state index in [0.29, 0.717) is 19.0 Å². The van der Waals surface area contributed by atoms with Gasteiger partial charge < -0.3 is 10.6 Å². The highest BCUT2D eigenvalue weighted by Crippen LogP contribution is 2.25. The molecule has 0 radical (unpaired) electrons. The fourth-order valence-corrected chi connectivity index (χ4v) is 2.64. The summed E-state index contributed by atoms with van der Waals surface area (Å²) in [5, 5.41) is 11.0. The van der Waals surface area contributed by atoms with Gasteiger partial charge in [-0.3, -0.25) is 14.9 Å². The number of benzene rings is 1. The quantitative estimate of drug-likeness (QED) is 0.680. The number of likely N-dealkylation sites (tertiary alicyclic amines) is 1. The first-order chi connectivity index (χ1) is 9.90. The highest BCUT2D eigenvalue weighted by molar-refractivity contribution is 5.98. The number of hydrogen-bond acceptors (Lipinski definition) is 4. The first kappa shape index (κ1) is 18.3. The molecule has 6 nitrogen and oxygen atoms in total. The van der Waals surface area contributed by atoms with Crippen LogP contribution < -0.4 is 5.73 Å². The summed E-state index contributed by atoms with van der Waals surface area (Å²) < 4.78 is 13.1. The Hall–Kier alpha value is -1.73. The molecule has 1 heterocycles. The van der Waals surface area contributed by atoms with Gasteiger partial charge in [0.25, 0.3) is 11.6 Å². The number of carbonyl (C=O) groups is 1. The van der Waals surface area contributed by atoms with Gasteiger partial charge in [-0.2, -0.15) is 0 Å². The molecule has 1 fully saturated rings. The third-order valence-electron chi connectivity index (χ3n) is 3.96. The third kappa shape index (κ3) is 3.92. The van der Waals surface area contributed by atoms with E-state index >= 15 is 0 Å². The molecule has 1 aliphatic rings. The number of nitrogens with two attached hydrogens (primary N) is 1. The van der Waals surface area contributed by atoms with Crippen LogP contribution in [0.2, 0.25) is 0 Å². The van der Waals surface area contributed by atoms with Gasteiger partial charge in [0, 0.05) is 19.1 Å². The lowest BCUT2D eigenvalue weighted by Gasteiger charge is -2.33. The minimum Gasteiger partial charge on any atom is -0.338 e. The molecule has 1 atom stereocenters. The highest BCUT2D eigenvalue weighted by atomic mass is 35.5. The Morgan fingerprint density at radius 2 is 2.05 bits per heavy atom. The standard InChI is InChI=1S/C14H18FN3O3.ClH/c1-9(16)10-4-6-17(7-5-10)14(19)12-3-2-11(15)8-13(12)18(20)21;/h2-3,8-10H,4-7,16H2,1H3;1H. The van der Waals surface area contributed by atoms with Crippen molar-refractivity contribution in [2.75, 3.05) is 13.1 Å². The van der Waals surface area contributed by atoms with Crippen LogP contribution in [0.15, 0.2) is 18.2 Å². The van der Waals surface area contributed by atoms with Crippen molar-refractivity contribution in [1.29, 1.82) is 0 Å². The van der Waals surface area contributed by atoms with E-state index < -0.39 is 22.3 Å². The van der Waals surface area contributed by atoms with Gasteiger partial charge in [-0.05, 0) is 37.8 Å². The zero-order valence-electron chi connectivity index (χ0n) is 12.2. The zero-order chi connectivity index (χ0) is 15.6. The van der Waals surface area contributed by atoms with Crippen molar-refractivity contribution in [2.24, 2.45) is 11.7 Å². The molecule has 0 spiro atoms. The summed E-state index contributed by atoms with van der Waals surface area (Å²) in [5.41, 5.74) is 5.29. The molecule has 1 aromatic rings. The minimum atomic E-state index is -0.731.